The van der Waals surface area contributed by atoms with Crippen LogP contribution in [0.1, 0.15) is 5.56 Å². The van der Waals surface area contributed by atoms with Crippen molar-refractivity contribution in [2.45, 2.75) is 11.8 Å². The van der Waals surface area contributed by atoms with Crippen molar-refractivity contribution in [2.24, 2.45) is 0 Å². The van der Waals surface area contributed by atoms with Crippen LogP contribution in [0.2, 0.25) is 15.1 Å². The van der Waals surface area contributed by atoms with E-state index in [4.69, 9.17) is 34.8 Å². The molecule has 0 saturated carbocycles. The molecule has 0 aromatic heterocycles. The lowest BCUT2D eigenvalue weighted by Crippen LogP contribution is -2.00. The SMILES string of the molecule is Cc1c(Cl)cc(S(=O)(=O)[O-])c(Cl)c1Cl. The van der Waals surface area contributed by atoms with Gasteiger partial charge < -0.3 is 4.55 Å². The minimum absolute atomic E-state index is 0.0198. The van der Waals surface area contributed by atoms with Crippen LogP contribution in [0, 0.1) is 6.92 Å². The molecular formula is C7H4Cl3O3S-. The number of benzene rings is 1. The van der Waals surface area contributed by atoms with E-state index in [0.29, 0.717) is 5.56 Å². The molecule has 0 aliphatic heterocycles. The molecule has 0 fully saturated rings. The molecule has 78 valence electrons. The molecule has 0 heterocycles. The van der Waals surface area contributed by atoms with Gasteiger partial charge in [0.1, 0.15) is 10.1 Å². The molecule has 0 saturated heterocycles. The first-order valence-electron chi connectivity index (χ1n) is 3.35. The molecule has 0 amide bonds. The second kappa shape index (κ2) is 3.87. The minimum Gasteiger partial charge on any atom is -0.744 e. The standard InChI is InChI=1S/C7H5Cl3O3S/c1-3-4(8)2-5(14(11,12)13)7(10)6(3)9/h2H,1H3,(H,11,12,13)/p-1. The Kier molecular flexibility index (Phi) is 3.33. The molecule has 0 atom stereocenters. The van der Waals surface area contributed by atoms with Crippen LogP contribution in [0.3, 0.4) is 0 Å². The zero-order valence-electron chi connectivity index (χ0n) is 6.84. The molecule has 1 aromatic carbocycles. The van der Waals surface area contributed by atoms with Gasteiger partial charge in [0, 0.05) is 5.02 Å². The lowest BCUT2D eigenvalue weighted by atomic mass is 10.2. The number of halogens is 3. The van der Waals surface area contributed by atoms with Crippen LogP contribution in [0.15, 0.2) is 11.0 Å². The summed E-state index contributed by atoms with van der Waals surface area (Å²) < 4.78 is 32.1. The molecule has 0 bridgehead atoms. The summed E-state index contributed by atoms with van der Waals surface area (Å²) in [4.78, 5) is -0.597. The zero-order chi connectivity index (χ0) is 11.1. The summed E-state index contributed by atoms with van der Waals surface area (Å²) in [5.74, 6) is 0. The van der Waals surface area contributed by atoms with Crippen LogP contribution >= 0.6 is 34.8 Å². The molecule has 14 heavy (non-hydrogen) atoms. The van der Waals surface area contributed by atoms with Crippen molar-refractivity contribution in [1.29, 1.82) is 0 Å². The quantitative estimate of drug-likeness (QED) is 0.584. The van der Waals surface area contributed by atoms with Gasteiger partial charge in [0.2, 0.25) is 0 Å². The lowest BCUT2D eigenvalue weighted by Gasteiger charge is -2.12. The Balaban J connectivity index is 3.66. The van der Waals surface area contributed by atoms with Gasteiger partial charge in [-0.15, -0.1) is 0 Å². The molecular weight excluding hydrogens is 270 g/mol. The summed E-state index contributed by atoms with van der Waals surface area (Å²) in [6, 6.07) is 0.993. The summed E-state index contributed by atoms with van der Waals surface area (Å²) in [7, 11) is -4.65. The summed E-state index contributed by atoms with van der Waals surface area (Å²) in [5, 5.41) is -0.217. The van der Waals surface area contributed by atoms with E-state index in [1.165, 1.54) is 0 Å². The van der Waals surface area contributed by atoms with Gasteiger partial charge in [0.25, 0.3) is 0 Å². The van der Waals surface area contributed by atoms with E-state index in [1.54, 1.807) is 6.92 Å². The maximum absolute atomic E-state index is 10.7. The average molecular weight is 275 g/mol. The Morgan fingerprint density at radius 2 is 1.71 bits per heavy atom. The first kappa shape index (κ1) is 12.1. The van der Waals surface area contributed by atoms with Gasteiger partial charge in [-0.25, -0.2) is 8.42 Å². The maximum Gasteiger partial charge on any atom is 0.126 e. The predicted molar refractivity (Wildman–Crippen MR) is 54.2 cm³/mol. The third-order valence-electron chi connectivity index (χ3n) is 1.62. The second-order valence-electron chi connectivity index (χ2n) is 2.56. The van der Waals surface area contributed by atoms with E-state index >= 15 is 0 Å². The number of hydrogen-bond acceptors (Lipinski definition) is 3. The van der Waals surface area contributed by atoms with Crippen molar-refractivity contribution < 1.29 is 13.0 Å². The smallest absolute Gasteiger partial charge is 0.126 e. The fraction of sp³-hybridized carbons (Fsp3) is 0.143. The topological polar surface area (TPSA) is 57.2 Å². The van der Waals surface area contributed by atoms with Crippen molar-refractivity contribution in [3.63, 3.8) is 0 Å². The highest BCUT2D eigenvalue weighted by Gasteiger charge is 2.15. The molecule has 3 nitrogen and oxygen atoms in total. The third kappa shape index (κ3) is 2.15. The molecule has 0 aliphatic rings. The Morgan fingerprint density at radius 3 is 2.14 bits per heavy atom. The molecule has 0 radical (unpaired) electrons. The van der Waals surface area contributed by atoms with E-state index in [-0.39, 0.29) is 15.1 Å². The van der Waals surface area contributed by atoms with Crippen LogP contribution in [0.4, 0.5) is 0 Å². The molecule has 1 rings (SSSR count). The Morgan fingerprint density at radius 1 is 1.21 bits per heavy atom. The average Bonchev–Trinajstić information content (AvgIpc) is 2.06. The first-order valence-corrected chi connectivity index (χ1v) is 5.89. The Hall–Kier alpha value is -0.000000000000000111. The van der Waals surface area contributed by atoms with E-state index in [1.807, 2.05) is 0 Å². The van der Waals surface area contributed by atoms with Gasteiger partial charge in [-0.3, -0.25) is 0 Å². The second-order valence-corrected chi connectivity index (χ2v) is 5.07. The van der Waals surface area contributed by atoms with Crippen molar-refractivity contribution in [3.05, 3.63) is 26.7 Å². The van der Waals surface area contributed by atoms with Gasteiger partial charge in [-0.2, -0.15) is 0 Å². The van der Waals surface area contributed by atoms with Gasteiger partial charge in [0.05, 0.1) is 14.9 Å². The van der Waals surface area contributed by atoms with Crippen molar-refractivity contribution in [2.75, 3.05) is 0 Å². The fourth-order valence-electron chi connectivity index (χ4n) is 0.846. The van der Waals surface area contributed by atoms with Crippen LogP contribution < -0.4 is 0 Å². The number of rotatable bonds is 1. The van der Waals surface area contributed by atoms with Crippen LogP contribution in [0.5, 0.6) is 0 Å². The van der Waals surface area contributed by atoms with Gasteiger partial charge in [-0.05, 0) is 18.6 Å². The maximum atomic E-state index is 10.7. The summed E-state index contributed by atoms with van der Waals surface area (Å²) in [6.45, 7) is 1.57. The number of hydrogen-bond donors (Lipinski definition) is 0. The summed E-state index contributed by atoms with van der Waals surface area (Å²) in [5.41, 5.74) is 0.436. The Labute approximate surface area is 96.3 Å². The van der Waals surface area contributed by atoms with Gasteiger partial charge in [-0.1, -0.05) is 34.8 Å². The minimum atomic E-state index is -4.65. The van der Waals surface area contributed by atoms with Crippen molar-refractivity contribution >= 4 is 44.9 Å². The van der Waals surface area contributed by atoms with Crippen molar-refractivity contribution in [1.82, 2.24) is 0 Å². The summed E-state index contributed by atoms with van der Waals surface area (Å²) >= 11 is 16.9. The highest BCUT2D eigenvalue weighted by atomic mass is 35.5. The molecule has 1 aromatic rings. The van der Waals surface area contributed by atoms with E-state index in [2.05, 4.69) is 0 Å². The monoisotopic (exact) mass is 273 g/mol. The van der Waals surface area contributed by atoms with Crippen LogP contribution in [-0.2, 0) is 10.1 Å². The Bertz CT molecular complexity index is 481. The molecule has 0 spiro atoms. The zero-order valence-corrected chi connectivity index (χ0v) is 9.93. The summed E-state index contributed by atoms with van der Waals surface area (Å²) in [6.07, 6.45) is 0. The molecule has 0 unspecified atom stereocenters. The van der Waals surface area contributed by atoms with Crippen LogP contribution in [-0.4, -0.2) is 13.0 Å². The van der Waals surface area contributed by atoms with Gasteiger partial charge in [0.15, 0.2) is 0 Å². The normalized spacial score (nSPS) is 11.8. The fourth-order valence-corrected chi connectivity index (χ4v) is 2.49. The van der Waals surface area contributed by atoms with E-state index in [9.17, 15) is 13.0 Å². The lowest BCUT2D eigenvalue weighted by molar-refractivity contribution is 0.463. The molecule has 0 N–H and O–H groups in total. The van der Waals surface area contributed by atoms with E-state index in [0.717, 1.165) is 6.07 Å². The predicted octanol–water partition coefficient (Wildman–Crippen LogP) is 2.86. The largest absolute Gasteiger partial charge is 0.744 e. The molecule has 0 aliphatic carbocycles. The van der Waals surface area contributed by atoms with Crippen molar-refractivity contribution in [3.8, 4) is 0 Å². The van der Waals surface area contributed by atoms with Crippen LogP contribution in [0.25, 0.3) is 0 Å². The van der Waals surface area contributed by atoms with E-state index < -0.39 is 15.0 Å². The highest BCUT2D eigenvalue weighted by Crippen LogP contribution is 2.36. The van der Waals surface area contributed by atoms with Gasteiger partial charge >= 0.3 is 0 Å². The first-order chi connectivity index (χ1) is 6.25. The highest BCUT2D eigenvalue weighted by molar-refractivity contribution is 7.85. The third-order valence-corrected chi connectivity index (χ3v) is 3.95. The molecule has 7 heteroatoms.